The predicted octanol–water partition coefficient (Wildman–Crippen LogP) is 3.59. The van der Waals surface area contributed by atoms with Gasteiger partial charge in [-0.15, -0.1) is 0 Å². The fraction of sp³-hybridized carbons (Fsp3) is 0.385. The summed E-state index contributed by atoms with van der Waals surface area (Å²) >= 11 is 6.68. The highest BCUT2D eigenvalue weighted by Gasteiger charge is 2.31. The van der Waals surface area contributed by atoms with Crippen molar-refractivity contribution in [2.45, 2.75) is 32.9 Å². The summed E-state index contributed by atoms with van der Waals surface area (Å²) in [5.74, 6) is -1.31. The molecule has 1 N–H and O–H groups in total. The van der Waals surface area contributed by atoms with E-state index in [1.807, 2.05) is 0 Å². The van der Waals surface area contributed by atoms with E-state index in [9.17, 15) is 14.7 Å². The summed E-state index contributed by atoms with van der Waals surface area (Å²) in [7, 11) is 0. The molecular formula is C13H15Br2NO3. The Kier molecular flexibility index (Phi) is 5.55. The minimum absolute atomic E-state index is 0.193. The smallest absolute Gasteiger partial charge is 0.331 e. The van der Waals surface area contributed by atoms with Gasteiger partial charge in [0.15, 0.2) is 6.04 Å². The molecule has 0 radical (unpaired) electrons. The summed E-state index contributed by atoms with van der Waals surface area (Å²) in [6.45, 7) is 4.97. The van der Waals surface area contributed by atoms with Crippen LogP contribution in [0.3, 0.4) is 0 Å². The molecule has 19 heavy (non-hydrogen) atoms. The van der Waals surface area contributed by atoms with E-state index in [-0.39, 0.29) is 11.9 Å². The number of carboxylic acid groups (broad SMARTS) is 1. The van der Waals surface area contributed by atoms with Gasteiger partial charge >= 0.3 is 5.97 Å². The van der Waals surface area contributed by atoms with Crippen LogP contribution >= 0.6 is 31.9 Å². The zero-order valence-electron chi connectivity index (χ0n) is 10.9. The topological polar surface area (TPSA) is 57.6 Å². The molecule has 1 amide bonds. The van der Waals surface area contributed by atoms with Crippen molar-refractivity contribution in [3.8, 4) is 0 Å². The van der Waals surface area contributed by atoms with Crippen LogP contribution in [0, 0.1) is 0 Å². The Labute approximate surface area is 129 Å². The van der Waals surface area contributed by atoms with Crippen molar-refractivity contribution < 1.29 is 14.7 Å². The van der Waals surface area contributed by atoms with Crippen molar-refractivity contribution in [3.63, 3.8) is 0 Å². The van der Waals surface area contributed by atoms with Gasteiger partial charge in [-0.05, 0) is 63.4 Å². The Morgan fingerprint density at radius 2 is 1.79 bits per heavy atom. The number of rotatable bonds is 4. The standard InChI is InChI=1S/C13H15Br2NO3/c1-7(2)16(8(3)17)12(13(18)19)9-4-5-10(14)11(15)6-9/h4-7,12H,1-3H3,(H,18,19). The van der Waals surface area contributed by atoms with Crippen molar-refractivity contribution in [3.05, 3.63) is 32.7 Å². The molecule has 0 bridgehead atoms. The molecule has 6 heteroatoms. The summed E-state index contributed by atoms with van der Waals surface area (Å²) in [4.78, 5) is 24.6. The van der Waals surface area contributed by atoms with E-state index < -0.39 is 12.0 Å². The van der Waals surface area contributed by atoms with E-state index in [1.54, 1.807) is 32.0 Å². The molecular weight excluding hydrogens is 378 g/mol. The first-order valence-electron chi connectivity index (χ1n) is 5.72. The van der Waals surface area contributed by atoms with Crippen LogP contribution in [0.15, 0.2) is 27.1 Å². The molecule has 0 aliphatic rings. The number of carbonyl (C=O) groups is 2. The third-order valence-electron chi connectivity index (χ3n) is 2.69. The Hall–Kier alpha value is -0.880. The van der Waals surface area contributed by atoms with Gasteiger partial charge in [-0.3, -0.25) is 4.79 Å². The van der Waals surface area contributed by atoms with E-state index in [0.717, 1.165) is 8.95 Å². The molecule has 1 aromatic rings. The maximum atomic E-state index is 11.7. The van der Waals surface area contributed by atoms with Crippen LogP contribution in [0.25, 0.3) is 0 Å². The summed E-state index contributed by atoms with van der Waals surface area (Å²) in [6.07, 6.45) is 0. The first kappa shape index (κ1) is 16.2. The van der Waals surface area contributed by atoms with Crippen LogP contribution in [0.2, 0.25) is 0 Å². The molecule has 0 aliphatic heterocycles. The lowest BCUT2D eigenvalue weighted by atomic mass is 10.0. The Balaban J connectivity index is 3.30. The lowest BCUT2D eigenvalue weighted by molar-refractivity contribution is -0.151. The second-order valence-electron chi connectivity index (χ2n) is 4.43. The average molecular weight is 393 g/mol. The second kappa shape index (κ2) is 6.52. The minimum Gasteiger partial charge on any atom is -0.479 e. The van der Waals surface area contributed by atoms with Gasteiger partial charge in [-0.1, -0.05) is 6.07 Å². The number of benzene rings is 1. The SMILES string of the molecule is CC(=O)N(C(C)C)C(C(=O)O)c1ccc(Br)c(Br)c1. The van der Waals surface area contributed by atoms with Crippen molar-refractivity contribution in [1.29, 1.82) is 0 Å². The van der Waals surface area contributed by atoms with Crippen LogP contribution in [0.5, 0.6) is 0 Å². The zero-order valence-corrected chi connectivity index (χ0v) is 14.0. The van der Waals surface area contributed by atoms with Gasteiger partial charge in [-0.2, -0.15) is 0 Å². The van der Waals surface area contributed by atoms with Gasteiger partial charge in [0.1, 0.15) is 0 Å². The lowest BCUT2D eigenvalue weighted by Crippen LogP contribution is -2.42. The third-order valence-corrected chi connectivity index (χ3v) is 4.57. The molecule has 104 valence electrons. The molecule has 1 aromatic carbocycles. The van der Waals surface area contributed by atoms with Crippen molar-refractivity contribution in [2.24, 2.45) is 0 Å². The van der Waals surface area contributed by atoms with E-state index in [1.165, 1.54) is 11.8 Å². The van der Waals surface area contributed by atoms with Crippen LogP contribution in [-0.2, 0) is 9.59 Å². The predicted molar refractivity (Wildman–Crippen MR) is 79.9 cm³/mol. The molecule has 4 nitrogen and oxygen atoms in total. The number of hydrogen-bond donors (Lipinski definition) is 1. The van der Waals surface area contributed by atoms with E-state index in [2.05, 4.69) is 31.9 Å². The lowest BCUT2D eigenvalue weighted by Gasteiger charge is -2.32. The zero-order chi connectivity index (χ0) is 14.7. The molecule has 1 atom stereocenters. The molecule has 0 saturated carbocycles. The first-order chi connectivity index (χ1) is 8.75. The summed E-state index contributed by atoms with van der Waals surface area (Å²) in [5, 5.41) is 9.43. The summed E-state index contributed by atoms with van der Waals surface area (Å²) in [5.41, 5.74) is 0.562. The van der Waals surface area contributed by atoms with Crippen LogP contribution < -0.4 is 0 Å². The summed E-state index contributed by atoms with van der Waals surface area (Å²) < 4.78 is 1.59. The largest absolute Gasteiger partial charge is 0.479 e. The van der Waals surface area contributed by atoms with Gasteiger partial charge in [0, 0.05) is 21.9 Å². The fourth-order valence-electron chi connectivity index (χ4n) is 1.95. The van der Waals surface area contributed by atoms with E-state index >= 15 is 0 Å². The van der Waals surface area contributed by atoms with Crippen LogP contribution in [0.4, 0.5) is 0 Å². The molecule has 0 heterocycles. The average Bonchev–Trinajstić information content (AvgIpc) is 2.28. The molecule has 1 unspecified atom stereocenters. The molecule has 0 spiro atoms. The molecule has 0 fully saturated rings. The number of nitrogens with zero attached hydrogens (tertiary/aromatic N) is 1. The number of halogens is 2. The van der Waals surface area contributed by atoms with E-state index in [0.29, 0.717) is 5.56 Å². The highest BCUT2D eigenvalue weighted by molar-refractivity contribution is 9.13. The highest BCUT2D eigenvalue weighted by Crippen LogP contribution is 2.30. The normalized spacial score (nSPS) is 12.3. The number of aliphatic carboxylic acids is 1. The maximum Gasteiger partial charge on any atom is 0.331 e. The maximum absolute atomic E-state index is 11.7. The third kappa shape index (κ3) is 3.79. The van der Waals surface area contributed by atoms with Crippen molar-refractivity contribution in [1.82, 2.24) is 4.90 Å². The summed E-state index contributed by atoms with van der Waals surface area (Å²) in [6, 6.07) is 3.99. The van der Waals surface area contributed by atoms with Crippen molar-refractivity contribution in [2.75, 3.05) is 0 Å². The first-order valence-corrected chi connectivity index (χ1v) is 7.31. The quantitative estimate of drug-likeness (QED) is 0.851. The number of carboxylic acids is 1. The Bertz CT molecular complexity index is 503. The molecule has 0 aromatic heterocycles. The van der Waals surface area contributed by atoms with Crippen LogP contribution in [-0.4, -0.2) is 27.9 Å². The molecule has 0 saturated heterocycles. The van der Waals surface area contributed by atoms with Crippen LogP contribution in [0.1, 0.15) is 32.4 Å². The van der Waals surface area contributed by atoms with Gasteiger partial charge in [0.2, 0.25) is 5.91 Å². The van der Waals surface area contributed by atoms with Crippen molar-refractivity contribution >= 4 is 43.7 Å². The van der Waals surface area contributed by atoms with Gasteiger partial charge in [-0.25, -0.2) is 4.79 Å². The van der Waals surface area contributed by atoms with Gasteiger partial charge in [0.05, 0.1) is 0 Å². The minimum atomic E-state index is -1.04. The molecule has 1 rings (SSSR count). The number of carbonyl (C=O) groups excluding carboxylic acids is 1. The monoisotopic (exact) mass is 391 g/mol. The fourth-order valence-corrected chi connectivity index (χ4v) is 2.59. The van der Waals surface area contributed by atoms with Gasteiger partial charge in [0.25, 0.3) is 0 Å². The van der Waals surface area contributed by atoms with Gasteiger partial charge < -0.3 is 10.0 Å². The highest BCUT2D eigenvalue weighted by atomic mass is 79.9. The Morgan fingerprint density at radius 1 is 1.21 bits per heavy atom. The Morgan fingerprint density at radius 3 is 2.16 bits per heavy atom. The number of amides is 1. The second-order valence-corrected chi connectivity index (χ2v) is 6.14. The number of hydrogen-bond acceptors (Lipinski definition) is 2. The molecule has 0 aliphatic carbocycles. The van der Waals surface area contributed by atoms with E-state index in [4.69, 9.17) is 0 Å².